The molecule has 1 aromatic heterocycles. The standard InChI is InChI=1S/C6H6BrIN2O2S/c1-2-3(10(11)12)4-5(7)13-6(8)9-4/h3H,2H2,1H3. The first-order valence-corrected chi connectivity index (χ1v) is 6.20. The Morgan fingerprint density at radius 2 is 2.46 bits per heavy atom. The number of hydrogen-bond donors (Lipinski definition) is 0. The first-order valence-electron chi connectivity index (χ1n) is 3.51. The monoisotopic (exact) mass is 376 g/mol. The Kier molecular flexibility index (Phi) is 4.05. The largest absolute Gasteiger partial charge is 0.264 e. The Morgan fingerprint density at radius 3 is 2.77 bits per heavy atom. The van der Waals surface area contributed by atoms with Crippen LogP contribution in [0.5, 0.6) is 0 Å². The van der Waals surface area contributed by atoms with Crippen molar-refractivity contribution in [3.05, 3.63) is 22.6 Å². The highest BCUT2D eigenvalue weighted by molar-refractivity contribution is 14.1. The van der Waals surface area contributed by atoms with E-state index in [9.17, 15) is 10.1 Å². The Hall–Kier alpha value is 0.240. The molecule has 0 aliphatic carbocycles. The minimum atomic E-state index is -0.686. The molecule has 0 saturated heterocycles. The summed E-state index contributed by atoms with van der Waals surface area (Å²) in [5, 5.41) is 10.6. The summed E-state index contributed by atoms with van der Waals surface area (Å²) < 4.78 is 1.58. The third-order valence-corrected chi connectivity index (χ3v) is 3.98. The van der Waals surface area contributed by atoms with Gasteiger partial charge in [0.1, 0.15) is 9.48 Å². The molecule has 0 amide bonds. The molecule has 0 N–H and O–H groups in total. The third-order valence-electron chi connectivity index (χ3n) is 1.54. The molecule has 7 heteroatoms. The number of nitro groups is 1. The normalized spacial score (nSPS) is 12.8. The Balaban J connectivity index is 3.04. The number of hydrogen-bond acceptors (Lipinski definition) is 4. The summed E-state index contributed by atoms with van der Waals surface area (Å²) >= 11 is 6.75. The zero-order valence-electron chi connectivity index (χ0n) is 6.66. The zero-order chi connectivity index (χ0) is 10.0. The quantitative estimate of drug-likeness (QED) is 0.462. The summed E-state index contributed by atoms with van der Waals surface area (Å²) in [6.07, 6.45) is 0.464. The lowest BCUT2D eigenvalue weighted by Crippen LogP contribution is -2.10. The Labute approximate surface area is 101 Å². The van der Waals surface area contributed by atoms with Crippen LogP contribution in [0.2, 0.25) is 0 Å². The van der Waals surface area contributed by atoms with Crippen LogP contribution in [0.15, 0.2) is 3.79 Å². The van der Waals surface area contributed by atoms with Gasteiger partial charge in [-0.15, -0.1) is 11.3 Å². The predicted octanol–water partition coefficient (Wildman–Crippen LogP) is 3.24. The first kappa shape index (κ1) is 11.3. The molecule has 0 aromatic carbocycles. The molecule has 0 aliphatic heterocycles. The second-order valence-corrected chi connectivity index (χ2v) is 6.41. The Bertz CT molecular complexity index is 330. The van der Waals surface area contributed by atoms with E-state index in [0.717, 1.165) is 6.80 Å². The zero-order valence-corrected chi connectivity index (χ0v) is 11.2. The van der Waals surface area contributed by atoms with Crippen LogP contribution in [-0.2, 0) is 0 Å². The number of aromatic nitrogens is 1. The second-order valence-electron chi connectivity index (χ2n) is 2.34. The molecule has 0 spiro atoms. The fourth-order valence-electron chi connectivity index (χ4n) is 0.935. The summed E-state index contributed by atoms with van der Waals surface area (Å²) in [7, 11) is 0. The highest BCUT2D eigenvalue weighted by atomic mass is 127. The summed E-state index contributed by atoms with van der Waals surface area (Å²) in [6, 6.07) is -0.686. The summed E-state index contributed by atoms with van der Waals surface area (Å²) in [5.74, 6) is 0. The number of halogens is 2. The van der Waals surface area contributed by atoms with Crippen molar-refractivity contribution in [2.75, 3.05) is 0 Å². The van der Waals surface area contributed by atoms with E-state index in [0.29, 0.717) is 12.1 Å². The van der Waals surface area contributed by atoms with E-state index in [1.807, 2.05) is 0 Å². The molecule has 0 fully saturated rings. The van der Waals surface area contributed by atoms with Crippen LogP contribution in [0.1, 0.15) is 25.1 Å². The lowest BCUT2D eigenvalue weighted by molar-refractivity contribution is -0.530. The molecule has 0 saturated carbocycles. The summed E-state index contributed by atoms with van der Waals surface area (Å²) in [4.78, 5) is 14.5. The third kappa shape index (κ3) is 2.59. The molecule has 0 bridgehead atoms. The van der Waals surface area contributed by atoms with E-state index < -0.39 is 6.04 Å². The fraction of sp³-hybridized carbons (Fsp3) is 0.500. The van der Waals surface area contributed by atoms with Crippen molar-refractivity contribution in [1.82, 2.24) is 4.98 Å². The van der Waals surface area contributed by atoms with E-state index in [2.05, 4.69) is 43.5 Å². The van der Waals surface area contributed by atoms with Gasteiger partial charge in [0.2, 0.25) is 0 Å². The number of nitrogens with zero attached hydrogens (tertiary/aromatic N) is 2. The van der Waals surface area contributed by atoms with Gasteiger partial charge in [0, 0.05) is 11.3 Å². The van der Waals surface area contributed by atoms with Crippen LogP contribution < -0.4 is 0 Å². The van der Waals surface area contributed by atoms with Gasteiger partial charge < -0.3 is 0 Å². The molecule has 13 heavy (non-hydrogen) atoms. The lowest BCUT2D eigenvalue weighted by Gasteiger charge is -2.02. The van der Waals surface area contributed by atoms with E-state index in [1.165, 1.54) is 11.3 Å². The van der Waals surface area contributed by atoms with Crippen molar-refractivity contribution in [3.63, 3.8) is 0 Å². The maximum Gasteiger partial charge on any atom is 0.256 e. The molecule has 1 heterocycles. The van der Waals surface area contributed by atoms with E-state index >= 15 is 0 Å². The first-order chi connectivity index (χ1) is 6.06. The summed E-state index contributed by atoms with van der Waals surface area (Å²) in [6.45, 7) is 1.78. The van der Waals surface area contributed by atoms with Gasteiger partial charge in [0.05, 0.1) is 0 Å². The average Bonchev–Trinajstić information content (AvgIpc) is 2.31. The van der Waals surface area contributed by atoms with Gasteiger partial charge >= 0.3 is 0 Å². The van der Waals surface area contributed by atoms with Gasteiger partial charge in [-0.3, -0.25) is 10.1 Å². The smallest absolute Gasteiger partial charge is 0.256 e. The van der Waals surface area contributed by atoms with Gasteiger partial charge in [0.25, 0.3) is 6.04 Å². The molecule has 4 nitrogen and oxygen atoms in total. The van der Waals surface area contributed by atoms with Crippen LogP contribution in [0.25, 0.3) is 0 Å². The maximum atomic E-state index is 10.6. The van der Waals surface area contributed by atoms with Crippen LogP contribution in [0.4, 0.5) is 0 Å². The molecule has 1 unspecified atom stereocenters. The second kappa shape index (κ2) is 4.65. The average molecular weight is 377 g/mol. The van der Waals surface area contributed by atoms with Crippen molar-refractivity contribution < 1.29 is 4.92 Å². The Morgan fingerprint density at radius 1 is 1.85 bits per heavy atom. The van der Waals surface area contributed by atoms with Crippen LogP contribution in [-0.4, -0.2) is 9.91 Å². The molecule has 0 radical (unpaired) electrons. The van der Waals surface area contributed by atoms with E-state index in [4.69, 9.17) is 0 Å². The predicted molar refractivity (Wildman–Crippen MR) is 62.6 cm³/mol. The number of rotatable bonds is 3. The highest BCUT2D eigenvalue weighted by Crippen LogP contribution is 2.32. The lowest BCUT2D eigenvalue weighted by atomic mass is 10.2. The van der Waals surface area contributed by atoms with Crippen molar-refractivity contribution in [2.24, 2.45) is 0 Å². The van der Waals surface area contributed by atoms with Gasteiger partial charge in [-0.25, -0.2) is 4.98 Å². The maximum absolute atomic E-state index is 10.6. The topological polar surface area (TPSA) is 56.0 Å². The van der Waals surface area contributed by atoms with Crippen molar-refractivity contribution >= 4 is 49.9 Å². The highest BCUT2D eigenvalue weighted by Gasteiger charge is 2.26. The van der Waals surface area contributed by atoms with E-state index in [-0.39, 0.29) is 4.92 Å². The van der Waals surface area contributed by atoms with Gasteiger partial charge in [-0.2, -0.15) is 0 Å². The van der Waals surface area contributed by atoms with Crippen molar-refractivity contribution in [2.45, 2.75) is 19.4 Å². The minimum absolute atomic E-state index is 0.296. The molecule has 1 atom stereocenters. The molecular weight excluding hydrogens is 371 g/mol. The van der Waals surface area contributed by atoms with E-state index in [1.54, 1.807) is 6.92 Å². The van der Waals surface area contributed by atoms with Gasteiger partial charge in [0.15, 0.2) is 3.01 Å². The summed E-state index contributed by atoms with van der Waals surface area (Å²) in [5.41, 5.74) is 0.543. The van der Waals surface area contributed by atoms with Crippen molar-refractivity contribution in [3.8, 4) is 0 Å². The minimum Gasteiger partial charge on any atom is -0.264 e. The van der Waals surface area contributed by atoms with Crippen molar-refractivity contribution in [1.29, 1.82) is 0 Å². The van der Waals surface area contributed by atoms with Gasteiger partial charge in [-0.05, 0) is 38.5 Å². The molecule has 72 valence electrons. The number of thiazole rings is 1. The van der Waals surface area contributed by atoms with Crippen LogP contribution in [0, 0.1) is 13.1 Å². The molecule has 0 aliphatic rings. The molecule has 1 aromatic rings. The molecule has 1 rings (SSSR count). The SMILES string of the molecule is CCC(c1nc(I)sc1Br)[N+](=O)[O-]. The molecular formula is C6H6BrIN2O2S. The van der Waals surface area contributed by atoms with Gasteiger partial charge in [-0.1, -0.05) is 6.92 Å². The van der Waals surface area contributed by atoms with Crippen LogP contribution >= 0.6 is 49.9 Å². The van der Waals surface area contributed by atoms with Crippen LogP contribution in [0.3, 0.4) is 0 Å². The fourth-order valence-corrected chi connectivity index (χ4v) is 4.15.